The molecule has 2 aromatic heterocycles. The van der Waals surface area contributed by atoms with Crippen molar-refractivity contribution in [3.63, 3.8) is 0 Å². The highest BCUT2D eigenvalue weighted by Crippen LogP contribution is 2.02. The number of nitrogens with one attached hydrogen (secondary N) is 1. The number of aromatic nitrogens is 2. The molecule has 2 N–H and O–H groups in total. The maximum Gasteiger partial charge on any atom is 0.270 e. The molecule has 0 radical (unpaired) electrons. The largest absolute Gasteiger partial charge is 0.444 e. The second-order valence-electron chi connectivity index (χ2n) is 3.94. The van der Waals surface area contributed by atoms with Crippen molar-refractivity contribution in [2.75, 3.05) is 6.61 Å². The van der Waals surface area contributed by atoms with Gasteiger partial charge in [-0.15, -0.1) is 0 Å². The fourth-order valence-electron chi connectivity index (χ4n) is 1.47. The van der Waals surface area contributed by atoms with Crippen molar-refractivity contribution >= 4 is 5.91 Å². The molecular formula is C14H13N3O3. The predicted molar refractivity (Wildman–Crippen MR) is 70.6 cm³/mol. The summed E-state index contributed by atoms with van der Waals surface area (Å²) in [6, 6.07) is 3.23. The molecule has 0 unspecified atom stereocenters. The SMILES string of the molecule is Cc1cnc(CNC(=O)c2ccc(C#CCO)cn2)o1. The van der Waals surface area contributed by atoms with Crippen LogP contribution in [-0.2, 0) is 6.54 Å². The fourth-order valence-corrected chi connectivity index (χ4v) is 1.47. The molecule has 0 fully saturated rings. The first-order valence-corrected chi connectivity index (χ1v) is 5.94. The molecule has 6 nitrogen and oxygen atoms in total. The quantitative estimate of drug-likeness (QED) is 0.800. The zero-order valence-corrected chi connectivity index (χ0v) is 10.9. The number of hydrogen-bond acceptors (Lipinski definition) is 5. The van der Waals surface area contributed by atoms with Gasteiger partial charge in [-0.25, -0.2) is 9.97 Å². The van der Waals surface area contributed by atoms with E-state index in [0.29, 0.717) is 17.2 Å². The Morgan fingerprint density at radius 2 is 2.25 bits per heavy atom. The number of amides is 1. The third-order valence-corrected chi connectivity index (χ3v) is 2.38. The predicted octanol–water partition coefficient (Wildman–Crippen LogP) is 0.652. The van der Waals surface area contributed by atoms with Crippen molar-refractivity contribution in [2.45, 2.75) is 13.5 Å². The van der Waals surface area contributed by atoms with Gasteiger partial charge in [-0.1, -0.05) is 11.8 Å². The highest BCUT2D eigenvalue weighted by molar-refractivity contribution is 5.92. The second-order valence-corrected chi connectivity index (χ2v) is 3.94. The van der Waals surface area contributed by atoms with E-state index in [1.165, 1.54) is 6.20 Å². The van der Waals surface area contributed by atoms with Gasteiger partial charge in [0.2, 0.25) is 5.89 Å². The first kappa shape index (κ1) is 13.8. The van der Waals surface area contributed by atoms with Crippen LogP contribution in [-0.4, -0.2) is 27.6 Å². The van der Waals surface area contributed by atoms with Crippen LogP contribution in [0.3, 0.4) is 0 Å². The third-order valence-electron chi connectivity index (χ3n) is 2.38. The number of pyridine rings is 1. The van der Waals surface area contributed by atoms with E-state index in [1.54, 1.807) is 25.3 Å². The number of aliphatic hydroxyl groups excluding tert-OH is 1. The molecule has 0 saturated carbocycles. The Hall–Kier alpha value is -2.65. The Kier molecular flexibility index (Phi) is 4.47. The number of nitrogens with zero attached hydrogens (tertiary/aromatic N) is 2. The number of aryl methyl sites for hydroxylation is 1. The first-order valence-electron chi connectivity index (χ1n) is 5.94. The molecule has 2 aromatic rings. The Morgan fingerprint density at radius 1 is 1.40 bits per heavy atom. The molecule has 2 rings (SSSR count). The minimum absolute atomic E-state index is 0.209. The number of hydrogen-bond donors (Lipinski definition) is 2. The smallest absolute Gasteiger partial charge is 0.270 e. The van der Waals surface area contributed by atoms with Crippen molar-refractivity contribution in [1.82, 2.24) is 15.3 Å². The van der Waals surface area contributed by atoms with E-state index in [2.05, 4.69) is 27.1 Å². The Bertz CT molecular complexity index is 650. The average molecular weight is 271 g/mol. The molecule has 0 spiro atoms. The lowest BCUT2D eigenvalue weighted by Crippen LogP contribution is -2.23. The van der Waals surface area contributed by atoms with Gasteiger partial charge >= 0.3 is 0 Å². The summed E-state index contributed by atoms with van der Waals surface area (Å²) in [5, 5.41) is 11.2. The topological polar surface area (TPSA) is 88.2 Å². The van der Waals surface area contributed by atoms with Crippen LogP contribution in [0.1, 0.15) is 27.7 Å². The average Bonchev–Trinajstić information content (AvgIpc) is 2.89. The lowest BCUT2D eigenvalue weighted by molar-refractivity contribution is 0.0942. The second kappa shape index (κ2) is 6.50. The van der Waals surface area contributed by atoms with E-state index >= 15 is 0 Å². The summed E-state index contributed by atoms with van der Waals surface area (Å²) >= 11 is 0. The van der Waals surface area contributed by atoms with E-state index in [0.717, 1.165) is 0 Å². The minimum atomic E-state index is -0.317. The molecular weight excluding hydrogens is 258 g/mol. The standard InChI is InChI=1S/C14H13N3O3/c1-10-7-16-13(20-10)9-17-14(19)12-5-4-11(8-15-12)3-2-6-18/h4-5,7-8,18H,6,9H2,1H3,(H,17,19). The molecule has 102 valence electrons. The Balaban J connectivity index is 1.95. The van der Waals surface area contributed by atoms with Crippen molar-refractivity contribution in [1.29, 1.82) is 0 Å². The summed E-state index contributed by atoms with van der Waals surface area (Å²) in [5.74, 6) is 6.03. The molecule has 20 heavy (non-hydrogen) atoms. The van der Waals surface area contributed by atoms with Crippen LogP contribution in [0, 0.1) is 18.8 Å². The molecule has 2 heterocycles. The van der Waals surface area contributed by atoms with Crippen LogP contribution in [0.4, 0.5) is 0 Å². The van der Waals surface area contributed by atoms with Gasteiger partial charge in [-0.3, -0.25) is 4.79 Å². The summed E-state index contributed by atoms with van der Waals surface area (Å²) in [5.41, 5.74) is 0.918. The lowest BCUT2D eigenvalue weighted by atomic mass is 10.2. The summed E-state index contributed by atoms with van der Waals surface area (Å²) in [6.07, 6.45) is 3.07. The van der Waals surface area contributed by atoms with Crippen LogP contribution in [0.15, 0.2) is 28.9 Å². The maximum absolute atomic E-state index is 11.8. The highest BCUT2D eigenvalue weighted by atomic mass is 16.4. The molecule has 0 aliphatic rings. The number of rotatable bonds is 3. The van der Waals surface area contributed by atoms with Crippen molar-refractivity contribution in [3.05, 3.63) is 47.4 Å². The normalized spacial score (nSPS) is 9.70. The van der Waals surface area contributed by atoms with Crippen molar-refractivity contribution in [3.8, 4) is 11.8 Å². The van der Waals surface area contributed by atoms with E-state index in [4.69, 9.17) is 9.52 Å². The van der Waals surface area contributed by atoms with Crippen LogP contribution < -0.4 is 5.32 Å². The maximum atomic E-state index is 11.8. The highest BCUT2D eigenvalue weighted by Gasteiger charge is 2.08. The number of oxazole rings is 1. The zero-order chi connectivity index (χ0) is 14.4. The van der Waals surface area contributed by atoms with Gasteiger partial charge in [0.1, 0.15) is 18.1 Å². The van der Waals surface area contributed by atoms with Gasteiger partial charge in [0.05, 0.1) is 12.7 Å². The van der Waals surface area contributed by atoms with Crippen LogP contribution in [0.2, 0.25) is 0 Å². The summed E-state index contributed by atoms with van der Waals surface area (Å²) in [4.78, 5) is 19.8. The molecule has 0 atom stereocenters. The first-order chi connectivity index (χ1) is 9.69. The van der Waals surface area contributed by atoms with Gasteiger partial charge in [0.25, 0.3) is 5.91 Å². The lowest BCUT2D eigenvalue weighted by Gasteiger charge is -2.01. The molecule has 0 saturated heterocycles. The number of carbonyl (C=O) groups excluding carboxylic acids is 1. The van der Waals surface area contributed by atoms with E-state index < -0.39 is 0 Å². The molecule has 6 heteroatoms. The van der Waals surface area contributed by atoms with Crippen LogP contribution >= 0.6 is 0 Å². The molecule has 0 bridgehead atoms. The number of aliphatic hydroxyl groups is 1. The van der Waals surface area contributed by atoms with Crippen LogP contribution in [0.25, 0.3) is 0 Å². The Morgan fingerprint density at radius 3 is 2.85 bits per heavy atom. The van der Waals surface area contributed by atoms with E-state index in [-0.39, 0.29) is 24.8 Å². The molecule has 0 aliphatic carbocycles. The third kappa shape index (κ3) is 3.67. The molecule has 0 aromatic carbocycles. The van der Waals surface area contributed by atoms with E-state index in [1.807, 2.05) is 0 Å². The van der Waals surface area contributed by atoms with Crippen molar-refractivity contribution < 1.29 is 14.3 Å². The van der Waals surface area contributed by atoms with Gasteiger partial charge in [-0.05, 0) is 19.1 Å². The van der Waals surface area contributed by atoms with Crippen LogP contribution in [0.5, 0.6) is 0 Å². The van der Waals surface area contributed by atoms with E-state index in [9.17, 15) is 4.79 Å². The van der Waals surface area contributed by atoms with Gasteiger partial charge in [-0.2, -0.15) is 0 Å². The number of carbonyl (C=O) groups is 1. The van der Waals surface area contributed by atoms with Gasteiger partial charge < -0.3 is 14.8 Å². The zero-order valence-electron chi connectivity index (χ0n) is 10.9. The molecule has 1 amide bonds. The van der Waals surface area contributed by atoms with Gasteiger partial charge in [0.15, 0.2) is 0 Å². The summed E-state index contributed by atoms with van der Waals surface area (Å²) in [6.45, 7) is 1.78. The molecule has 0 aliphatic heterocycles. The van der Waals surface area contributed by atoms with Crippen molar-refractivity contribution in [2.24, 2.45) is 0 Å². The van der Waals surface area contributed by atoms with Gasteiger partial charge in [0, 0.05) is 11.8 Å². The minimum Gasteiger partial charge on any atom is -0.444 e. The summed E-state index contributed by atoms with van der Waals surface area (Å²) < 4.78 is 5.25. The monoisotopic (exact) mass is 271 g/mol. The Labute approximate surface area is 115 Å². The fraction of sp³-hybridized carbons (Fsp3) is 0.214. The summed E-state index contributed by atoms with van der Waals surface area (Å²) in [7, 11) is 0.